The average molecular weight is 281 g/mol. The summed E-state index contributed by atoms with van der Waals surface area (Å²) < 4.78 is 27.5. The third-order valence-electron chi connectivity index (χ3n) is 2.84. The second-order valence-electron chi connectivity index (χ2n) is 4.67. The van der Waals surface area contributed by atoms with E-state index in [2.05, 4.69) is 9.71 Å². The molecule has 0 spiro atoms. The number of pyridine rings is 1. The molecule has 0 aliphatic heterocycles. The fraction of sp³-hybridized carbons (Fsp3) is 0.462. The van der Waals surface area contributed by atoms with Crippen LogP contribution in [-0.2, 0) is 16.4 Å². The van der Waals surface area contributed by atoms with Gasteiger partial charge in [0.15, 0.2) is 0 Å². The van der Waals surface area contributed by atoms with E-state index in [1.807, 2.05) is 42.8 Å². The minimum Gasteiger partial charge on any atom is -0.307 e. The van der Waals surface area contributed by atoms with Crippen LogP contribution in [0.2, 0.25) is 0 Å². The summed E-state index contributed by atoms with van der Waals surface area (Å²) in [5, 5.41) is 0. The van der Waals surface area contributed by atoms with Gasteiger partial charge in [0.1, 0.15) is 5.65 Å². The smallest absolute Gasteiger partial charge is 0.211 e. The predicted molar refractivity (Wildman–Crippen MR) is 75.7 cm³/mol. The Morgan fingerprint density at radius 3 is 2.95 bits per heavy atom. The summed E-state index contributed by atoms with van der Waals surface area (Å²) in [6.45, 7) is 4.27. The lowest BCUT2D eigenvalue weighted by Crippen LogP contribution is -2.28. The van der Waals surface area contributed by atoms with Crippen molar-refractivity contribution in [2.75, 3.05) is 12.3 Å². The molecule has 2 rings (SSSR count). The van der Waals surface area contributed by atoms with Crippen LogP contribution in [0.15, 0.2) is 24.5 Å². The van der Waals surface area contributed by atoms with Gasteiger partial charge in [-0.05, 0) is 31.0 Å². The zero-order chi connectivity index (χ0) is 13.9. The number of rotatable bonds is 6. The highest BCUT2D eigenvalue weighted by Crippen LogP contribution is 2.07. The highest BCUT2D eigenvalue weighted by molar-refractivity contribution is 7.89. The number of aromatic nitrogens is 2. The highest BCUT2D eigenvalue weighted by atomic mass is 32.2. The van der Waals surface area contributed by atoms with Crippen molar-refractivity contribution in [2.24, 2.45) is 0 Å². The molecule has 0 bridgehead atoms. The Hall–Kier alpha value is -1.40. The number of fused-ring (bicyclic) bond motifs is 1. The van der Waals surface area contributed by atoms with E-state index >= 15 is 0 Å². The molecule has 19 heavy (non-hydrogen) atoms. The summed E-state index contributed by atoms with van der Waals surface area (Å²) in [4.78, 5) is 4.47. The summed E-state index contributed by atoms with van der Waals surface area (Å²) in [5.74, 6) is 0.178. The van der Waals surface area contributed by atoms with E-state index in [0.717, 1.165) is 16.9 Å². The Kier molecular flexibility index (Phi) is 4.21. The third-order valence-corrected chi connectivity index (χ3v) is 4.43. The first kappa shape index (κ1) is 14.0. The summed E-state index contributed by atoms with van der Waals surface area (Å²) >= 11 is 0. The predicted octanol–water partition coefficient (Wildman–Crippen LogP) is 1.51. The molecule has 0 amide bonds. The maximum Gasteiger partial charge on any atom is 0.211 e. The average Bonchev–Trinajstić information content (AvgIpc) is 2.70. The Morgan fingerprint density at radius 2 is 2.21 bits per heavy atom. The van der Waals surface area contributed by atoms with Crippen LogP contribution in [0.4, 0.5) is 0 Å². The largest absolute Gasteiger partial charge is 0.307 e. The molecule has 2 heterocycles. The van der Waals surface area contributed by atoms with Crippen molar-refractivity contribution in [2.45, 2.75) is 26.7 Å². The molecule has 0 radical (unpaired) electrons. The fourth-order valence-electron chi connectivity index (χ4n) is 1.93. The first-order valence-electron chi connectivity index (χ1n) is 6.42. The Balaban J connectivity index is 1.99. The second kappa shape index (κ2) is 5.71. The summed E-state index contributed by atoms with van der Waals surface area (Å²) in [6.07, 6.45) is 5.12. The van der Waals surface area contributed by atoms with Gasteiger partial charge in [0.05, 0.1) is 11.4 Å². The van der Waals surface area contributed by atoms with Crippen LogP contribution in [0.1, 0.15) is 24.6 Å². The fourth-order valence-corrected chi connectivity index (χ4v) is 3.03. The van der Waals surface area contributed by atoms with Crippen LogP contribution >= 0.6 is 0 Å². The minimum atomic E-state index is -3.12. The van der Waals surface area contributed by atoms with Gasteiger partial charge in [-0.2, -0.15) is 0 Å². The first-order chi connectivity index (χ1) is 9.00. The number of imidazole rings is 1. The molecule has 104 valence electrons. The van der Waals surface area contributed by atoms with Crippen molar-refractivity contribution < 1.29 is 8.42 Å². The van der Waals surface area contributed by atoms with Crippen LogP contribution in [0.25, 0.3) is 5.65 Å². The van der Waals surface area contributed by atoms with Crippen LogP contribution in [0.3, 0.4) is 0 Å². The topological polar surface area (TPSA) is 63.5 Å². The Morgan fingerprint density at radius 1 is 1.42 bits per heavy atom. The number of hydrogen-bond acceptors (Lipinski definition) is 3. The summed E-state index contributed by atoms with van der Waals surface area (Å²) in [5.41, 5.74) is 2.95. The molecule has 0 atom stereocenters. The molecule has 0 aliphatic carbocycles. The molecule has 2 aromatic rings. The van der Waals surface area contributed by atoms with E-state index < -0.39 is 10.0 Å². The third kappa shape index (κ3) is 3.78. The minimum absolute atomic E-state index is 0.178. The quantitative estimate of drug-likeness (QED) is 0.873. The standard InChI is InChI=1S/C13H19N3O2S/c1-3-8-19(17,18)14-6-4-12-10-16-7-5-11(2)9-13(16)15-12/h5,7,9-10,14H,3-4,6,8H2,1-2H3. The molecule has 6 heteroatoms. The maximum atomic E-state index is 11.5. The van der Waals surface area contributed by atoms with Crippen LogP contribution < -0.4 is 4.72 Å². The number of nitrogens with one attached hydrogen (secondary N) is 1. The number of sulfonamides is 1. The van der Waals surface area contributed by atoms with Crippen LogP contribution in [0, 0.1) is 6.92 Å². The summed E-state index contributed by atoms with van der Waals surface area (Å²) in [7, 11) is -3.12. The van der Waals surface area contributed by atoms with Gasteiger partial charge in [0.25, 0.3) is 0 Å². The molecular formula is C13H19N3O2S. The molecule has 1 N–H and O–H groups in total. The van der Waals surface area contributed by atoms with E-state index in [1.165, 1.54) is 0 Å². The van der Waals surface area contributed by atoms with Gasteiger partial charge in [-0.15, -0.1) is 0 Å². The van der Waals surface area contributed by atoms with Crippen molar-refractivity contribution in [1.29, 1.82) is 0 Å². The normalized spacial score (nSPS) is 12.1. The van der Waals surface area contributed by atoms with Gasteiger partial charge in [-0.25, -0.2) is 18.1 Å². The molecule has 5 nitrogen and oxygen atoms in total. The zero-order valence-corrected chi connectivity index (χ0v) is 12.1. The monoisotopic (exact) mass is 281 g/mol. The molecule has 0 fully saturated rings. The Bertz CT molecular complexity index is 662. The molecule has 0 aromatic carbocycles. The van der Waals surface area contributed by atoms with Gasteiger partial charge in [-0.1, -0.05) is 6.92 Å². The van der Waals surface area contributed by atoms with Crippen molar-refractivity contribution in [3.05, 3.63) is 35.8 Å². The van der Waals surface area contributed by atoms with E-state index in [0.29, 0.717) is 19.4 Å². The molecule has 0 saturated heterocycles. The van der Waals surface area contributed by atoms with E-state index in [1.54, 1.807) is 0 Å². The van der Waals surface area contributed by atoms with Crippen molar-refractivity contribution in [1.82, 2.24) is 14.1 Å². The van der Waals surface area contributed by atoms with Gasteiger partial charge in [-0.3, -0.25) is 0 Å². The number of nitrogens with zero attached hydrogens (tertiary/aromatic N) is 2. The molecular weight excluding hydrogens is 262 g/mol. The Labute approximate surface area is 113 Å². The number of hydrogen-bond donors (Lipinski definition) is 1. The molecule has 0 aliphatic rings. The zero-order valence-electron chi connectivity index (χ0n) is 11.3. The van der Waals surface area contributed by atoms with Crippen molar-refractivity contribution >= 4 is 15.7 Å². The molecule has 0 unspecified atom stereocenters. The summed E-state index contributed by atoms with van der Waals surface area (Å²) in [6, 6.07) is 4.02. The SMILES string of the molecule is CCCS(=O)(=O)NCCc1cn2ccc(C)cc2n1. The first-order valence-corrected chi connectivity index (χ1v) is 8.07. The lowest BCUT2D eigenvalue weighted by atomic mass is 10.3. The lowest BCUT2D eigenvalue weighted by molar-refractivity contribution is 0.580. The molecule has 2 aromatic heterocycles. The van der Waals surface area contributed by atoms with Gasteiger partial charge >= 0.3 is 0 Å². The van der Waals surface area contributed by atoms with E-state index in [4.69, 9.17) is 0 Å². The van der Waals surface area contributed by atoms with E-state index in [9.17, 15) is 8.42 Å². The van der Waals surface area contributed by atoms with Crippen LogP contribution in [-0.4, -0.2) is 30.1 Å². The van der Waals surface area contributed by atoms with E-state index in [-0.39, 0.29) is 5.75 Å². The van der Waals surface area contributed by atoms with Crippen molar-refractivity contribution in [3.63, 3.8) is 0 Å². The lowest BCUT2D eigenvalue weighted by Gasteiger charge is -2.03. The van der Waals surface area contributed by atoms with Crippen molar-refractivity contribution in [3.8, 4) is 0 Å². The maximum absolute atomic E-state index is 11.5. The molecule has 0 saturated carbocycles. The second-order valence-corrected chi connectivity index (χ2v) is 6.59. The van der Waals surface area contributed by atoms with Crippen LogP contribution in [0.5, 0.6) is 0 Å². The highest BCUT2D eigenvalue weighted by Gasteiger charge is 2.08. The number of aryl methyl sites for hydroxylation is 1. The van der Waals surface area contributed by atoms with Gasteiger partial charge in [0, 0.05) is 25.4 Å². The van der Waals surface area contributed by atoms with Gasteiger partial charge in [0.2, 0.25) is 10.0 Å². The van der Waals surface area contributed by atoms with Gasteiger partial charge < -0.3 is 4.40 Å².